The van der Waals surface area contributed by atoms with E-state index < -0.39 is 0 Å². The number of rotatable bonds is 5. The highest BCUT2D eigenvalue weighted by molar-refractivity contribution is 5.94. The molecule has 0 unspecified atom stereocenters. The van der Waals surface area contributed by atoms with Gasteiger partial charge in [-0.1, -0.05) is 24.3 Å². The van der Waals surface area contributed by atoms with Gasteiger partial charge in [0.1, 0.15) is 11.5 Å². The minimum Gasteiger partial charge on any atom is -0.457 e. The van der Waals surface area contributed by atoms with Crippen molar-refractivity contribution in [3.63, 3.8) is 0 Å². The van der Waals surface area contributed by atoms with Crippen molar-refractivity contribution in [1.29, 1.82) is 0 Å². The van der Waals surface area contributed by atoms with Crippen LogP contribution in [0.3, 0.4) is 0 Å². The second-order valence-corrected chi connectivity index (χ2v) is 6.84. The Labute approximate surface area is 149 Å². The molecule has 2 aromatic rings. The molecule has 0 radical (unpaired) electrons. The molecule has 0 saturated carbocycles. The molecule has 0 bridgehead atoms. The molecule has 3 rings (SSSR count). The number of para-hydroxylation sites is 1. The van der Waals surface area contributed by atoms with Crippen LogP contribution in [0.2, 0.25) is 0 Å². The molecule has 2 aromatic carbocycles. The normalized spacial score (nSPS) is 18.1. The molecule has 1 heterocycles. The van der Waals surface area contributed by atoms with Crippen molar-refractivity contribution in [1.82, 2.24) is 10.2 Å². The van der Waals surface area contributed by atoms with Crippen LogP contribution < -0.4 is 10.1 Å². The number of hydrogen-bond acceptors (Lipinski definition) is 3. The summed E-state index contributed by atoms with van der Waals surface area (Å²) in [4.78, 5) is 15.0. The number of hydrogen-bond donors (Lipinski definition) is 1. The third-order valence-electron chi connectivity index (χ3n) is 4.59. The van der Waals surface area contributed by atoms with Crippen molar-refractivity contribution in [3.8, 4) is 11.5 Å². The minimum atomic E-state index is -0.0332. The maximum Gasteiger partial charge on any atom is 0.251 e. The summed E-state index contributed by atoms with van der Waals surface area (Å²) in [5.74, 6) is 1.40. The van der Waals surface area contributed by atoms with Crippen LogP contribution in [0.1, 0.15) is 37.0 Å². The average Bonchev–Trinajstić information content (AvgIpc) is 2.63. The molecule has 4 nitrogen and oxygen atoms in total. The summed E-state index contributed by atoms with van der Waals surface area (Å²) in [6.07, 6.45) is 2.16. The molecule has 1 atom stereocenters. The van der Waals surface area contributed by atoms with Crippen LogP contribution >= 0.6 is 0 Å². The highest BCUT2D eigenvalue weighted by Crippen LogP contribution is 2.22. The molecule has 4 heteroatoms. The third kappa shape index (κ3) is 4.83. The number of piperidine rings is 1. The summed E-state index contributed by atoms with van der Waals surface area (Å²) in [5.41, 5.74) is 0.634. The van der Waals surface area contributed by atoms with E-state index in [0.29, 0.717) is 17.4 Å². The number of nitrogens with one attached hydrogen (secondary N) is 1. The lowest BCUT2D eigenvalue weighted by Crippen LogP contribution is -2.49. The lowest BCUT2D eigenvalue weighted by atomic mass is 10.0. The van der Waals surface area contributed by atoms with Crippen LogP contribution in [0.25, 0.3) is 0 Å². The zero-order valence-electron chi connectivity index (χ0n) is 14.9. The van der Waals surface area contributed by atoms with Crippen molar-refractivity contribution in [2.24, 2.45) is 0 Å². The van der Waals surface area contributed by atoms with E-state index in [1.165, 1.54) is 0 Å². The third-order valence-corrected chi connectivity index (χ3v) is 4.59. The van der Waals surface area contributed by atoms with Gasteiger partial charge in [-0.25, -0.2) is 0 Å². The molecule has 1 amide bonds. The molecule has 0 aromatic heterocycles. The SMILES string of the molecule is CC(C)N1CCC[C@@H](NC(=O)c2cccc(Oc3ccccc3)c2)C1. The van der Waals surface area contributed by atoms with Gasteiger partial charge in [0.2, 0.25) is 0 Å². The summed E-state index contributed by atoms with van der Waals surface area (Å²) in [6, 6.07) is 17.7. The maximum absolute atomic E-state index is 12.6. The maximum atomic E-state index is 12.6. The van der Waals surface area contributed by atoms with Crippen LogP contribution in [-0.4, -0.2) is 36.0 Å². The van der Waals surface area contributed by atoms with E-state index in [0.717, 1.165) is 31.7 Å². The summed E-state index contributed by atoms with van der Waals surface area (Å²) in [7, 11) is 0. The number of ether oxygens (including phenoxy) is 1. The zero-order chi connectivity index (χ0) is 17.6. The lowest BCUT2D eigenvalue weighted by Gasteiger charge is -2.35. The highest BCUT2D eigenvalue weighted by Gasteiger charge is 2.23. The van der Waals surface area contributed by atoms with Crippen LogP contribution in [0, 0.1) is 0 Å². The molecule has 1 N–H and O–H groups in total. The summed E-state index contributed by atoms with van der Waals surface area (Å²) >= 11 is 0. The molecule has 1 aliphatic rings. The Bertz CT molecular complexity index is 700. The minimum absolute atomic E-state index is 0.0332. The van der Waals surface area contributed by atoms with E-state index in [-0.39, 0.29) is 11.9 Å². The smallest absolute Gasteiger partial charge is 0.251 e. The second-order valence-electron chi connectivity index (χ2n) is 6.84. The molecule has 0 spiro atoms. The van der Waals surface area contributed by atoms with E-state index in [9.17, 15) is 4.79 Å². The Morgan fingerprint density at radius 3 is 2.64 bits per heavy atom. The Morgan fingerprint density at radius 1 is 1.12 bits per heavy atom. The van der Waals surface area contributed by atoms with Crippen LogP contribution in [0.5, 0.6) is 11.5 Å². The number of carbonyl (C=O) groups excluding carboxylic acids is 1. The van der Waals surface area contributed by atoms with Crippen LogP contribution in [0.4, 0.5) is 0 Å². The molecule has 0 aliphatic carbocycles. The van der Waals surface area contributed by atoms with Crippen LogP contribution in [0.15, 0.2) is 54.6 Å². The first-order valence-corrected chi connectivity index (χ1v) is 8.99. The number of amides is 1. The Hall–Kier alpha value is -2.33. The monoisotopic (exact) mass is 338 g/mol. The zero-order valence-corrected chi connectivity index (χ0v) is 14.9. The standard InChI is InChI=1S/C21H26N2O2/c1-16(2)23-13-7-9-18(15-23)22-21(24)17-8-6-12-20(14-17)25-19-10-4-3-5-11-19/h3-6,8,10-12,14,16,18H,7,9,13,15H2,1-2H3,(H,22,24)/t18-/m1/s1. The van der Waals surface area contributed by atoms with Crippen molar-refractivity contribution < 1.29 is 9.53 Å². The van der Waals surface area contributed by atoms with E-state index in [1.54, 1.807) is 6.07 Å². The lowest BCUT2D eigenvalue weighted by molar-refractivity contribution is 0.0886. The van der Waals surface area contributed by atoms with Gasteiger partial charge in [0.25, 0.3) is 5.91 Å². The quantitative estimate of drug-likeness (QED) is 0.893. The first-order valence-electron chi connectivity index (χ1n) is 8.99. The first kappa shape index (κ1) is 17.5. The van der Waals surface area contributed by atoms with E-state index >= 15 is 0 Å². The van der Waals surface area contributed by atoms with Crippen LogP contribution in [-0.2, 0) is 0 Å². The van der Waals surface area contributed by atoms with E-state index in [2.05, 4.69) is 24.1 Å². The molecular weight excluding hydrogens is 312 g/mol. The molecule has 1 aliphatic heterocycles. The molecule has 25 heavy (non-hydrogen) atoms. The molecule has 1 fully saturated rings. The molecule has 132 valence electrons. The van der Waals surface area contributed by atoms with Gasteiger partial charge >= 0.3 is 0 Å². The predicted molar refractivity (Wildman–Crippen MR) is 100 cm³/mol. The van der Waals surface area contributed by atoms with Gasteiger partial charge in [-0.15, -0.1) is 0 Å². The van der Waals surface area contributed by atoms with Gasteiger partial charge < -0.3 is 10.1 Å². The number of carbonyl (C=O) groups is 1. The van der Waals surface area contributed by atoms with E-state index in [1.807, 2.05) is 48.5 Å². The van der Waals surface area contributed by atoms with Crippen molar-refractivity contribution >= 4 is 5.91 Å². The Morgan fingerprint density at radius 2 is 1.88 bits per heavy atom. The first-order chi connectivity index (χ1) is 12.1. The summed E-state index contributed by atoms with van der Waals surface area (Å²) < 4.78 is 5.82. The summed E-state index contributed by atoms with van der Waals surface area (Å²) in [6.45, 7) is 6.44. The number of likely N-dealkylation sites (tertiary alicyclic amines) is 1. The Balaban J connectivity index is 1.63. The summed E-state index contributed by atoms with van der Waals surface area (Å²) in [5, 5.41) is 3.17. The average molecular weight is 338 g/mol. The number of nitrogens with zero attached hydrogens (tertiary/aromatic N) is 1. The van der Waals surface area contributed by atoms with Crippen molar-refractivity contribution in [2.75, 3.05) is 13.1 Å². The largest absolute Gasteiger partial charge is 0.457 e. The van der Waals surface area contributed by atoms with Crippen molar-refractivity contribution in [2.45, 2.75) is 38.8 Å². The Kier molecular flexibility index (Phi) is 5.71. The van der Waals surface area contributed by atoms with Gasteiger partial charge in [-0.3, -0.25) is 9.69 Å². The van der Waals surface area contributed by atoms with Gasteiger partial charge in [0.15, 0.2) is 0 Å². The number of benzene rings is 2. The second kappa shape index (κ2) is 8.17. The fourth-order valence-corrected chi connectivity index (χ4v) is 3.19. The van der Waals surface area contributed by atoms with E-state index in [4.69, 9.17) is 4.74 Å². The van der Waals surface area contributed by atoms with Gasteiger partial charge in [-0.05, 0) is 63.6 Å². The predicted octanol–water partition coefficient (Wildman–Crippen LogP) is 4.08. The van der Waals surface area contributed by atoms with Gasteiger partial charge in [0.05, 0.1) is 0 Å². The van der Waals surface area contributed by atoms with Gasteiger partial charge in [-0.2, -0.15) is 0 Å². The topological polar surface area (TPSA) is 41.6 Å². The molecule has 1 saturated heterocycles. The fourth-order valence-electron chi connectivity index (χ4n) is 3.19. The van der Waals surface area contributed by atoms with Crippen molar-refractivity contribution in [3.05, 3.63) is 60.2 Å². The molecular formula is C21H26N2O2. The van der Waals surface area contributed by atoms with Gasteiger partial charge in [0, 0.05) is 24.2 Å². The fraction of sp³-hybridized carbons (Fsp3) is 0.381. The highest BCUT2D eigenvalue weighted by atomic mass is 16.5.